The molecule has 11 aromatic rings. The number of fused-ring (bicyclic) bond motifs is 7. The maximum Gasteiger partial charge on any atom is 0.135 e. The molecule has 2 aromatic heterocycles. The fourth-order valence-electron chi connectivity index (χ4n) is 8.36. The van der Waals surface area contributed by atoms with E-state index in [1.54, 1.807) is 0 Å². The number of hydrogen-bond acceptors (Lipinski definition) is 3. The zero-order valence-corrected chi connectivity index (χ0v) is 30.6. The summed E-state index contributed by atoms with van der Waals surface area (Å²) >= 11 is 1.85. The van der Waals surface area contributed by atoms with E-state index in [2.05, 4.69) is 193 Å². The molecule has 9 aromatic carbocycles. The van der Waals surface area contributed by atoms with Crippen molar-refractivity contribution in [2.24, 2.45) is 0 Å². The third-order valence-corrected chi connectivity index (χ3v) is 12.0. The monoisotopic (exact) mass is 719 g/mol. The van der Waals surface area contributed by atoms with Gasteiger partial charge in [0.2, 0.25) is 0 Å². The van der Waals surface area contributed by atoms with Crippen LogP contribution in [0.5, 0.6) is 0 Å². The predicted molar refractivity (Wildman–Crippen MR) is 235 cm³/mol. The number of furan rings is 1. The number of anilines is 3. The van der Waals surface area contributed by atoms with Crippen LogP contribution in [-0.4, -0.2) is 0 Å². The van der Waals surface area contributed by atoms with Gasteiger partial charge in [-0.25, -0.2) is 0 Å². The summed E-state index contributed by atoms with van der Waals surface area (Å²) in [6, 6.07) is 72.4. The summed E-state index contributed by atoms with van der Waals surface area (Å²) in [4.78, 5) is 2.50. The molecule has 0 saturated carbocycles. The van der Waals surface area contributed by atoms with Gasteiger partial charge in [-0.3, -0.25) is 0 Å². The second kappa shape index (κ2) is 12.9. The SMILES string of the molecule is c1ccc(-c2ccccc2N(c2ccccc2-c2ccc3oc4ccccc4c3c2)c2cccc3sc4ccccc4c23)c(-c2ccc3ccccc3c2)c1. The summed E-state index contributed by atoms with van der Waals surface area (Å²) in [5.74, 6) is 0. The van der Waals surface area contributed by atoms with Gasteiger partial charge in [-0.2, -0.15) is 0 Å². The van der Waals surface area contributed by atoms with Crippen molar-refractivity contribution in [3.8, 4) is 33.4 Å². The van der Waals surface area contributed by atoms with Gasteiger partial charge in [-0.15, -0.1) is 11.3 Å². The Morgan fingerprint density at radius 1 is 0.345 bits per heavy atom. The Bertz CT molecular complexity index is 3240. The van der Waals surface area contributed by atoms with Crippen LogP contribution in [0.4, 0.5) is 17.1 Å². The lowest BCUT2D eigenvalue weighted by Gasteiger charge is -2.31. The third kappa shape index (κ3) is 5.24. The maximum absolute atomic E-state index is 6.27. The Hall–Kier alpha value is -6.94. The highest BCUT2D eigenvalue weighted by Gasteiger charge is 2.24. The van der Waals surface area contributed by atoms with E-state index < -0.39 is 0 Å². The molecule has 0 atom stereocenters. The van der Waals surface area contributed by atoms with Crippen LogP contribution in [0.15, 0.2) is 205 Å². The van der Waals surface area contributed by atoms with E-state index in [0.717, 1.165) is 55.7 Å². The van der Waals surface area contributed by atoms with Crippen molar-refractivity contribution in [3.05, 3.63) is 200 Å². The molecule has 0 aliphatic rings. The quantitative estimate of drug-likeness (QED) is 0.170. The van der Waals surface area contributed by atoms with Crippen LogP contribution in [0.2, 0.25) is 0 Å². The van der Waals surface area contributed by atoms with Gasteiger partial charge in [0, 0.05) is 42.1 Å². The molecule has 258 valence electrons. The fourth-order valence-corrected chi connectivity index (χ4v) is 9.49. The van der Waals surface area contributed by atoms with Gasteiger partial charge in [0.15, 0.2) is 0 Å². The molecule has 0 amide bonds. The van der Waals surface area contributed by atoms with Crippen LogP contribution in [0.3, 0.4) is 0 Å². The normalized spacial score (nSPS) is 11.6. The minimum atomic E-state index is 0.893. The van der Waals surface area contributed by atoms with Crippen molar-refractivity contribution in [2.45, 2.75) is 0 Å². The average Bonchev–Trinajstić information content (AvgIpc) is 3.83. The molecule has 0 bridgehead atoms. The predicted octanol–water partition coefficient (Wildman–Crippen LogP) is 15.6. The Kier molecular flexibility index (Phi) is 7.39. The summed E-state index contributed by atoms with van der Waals surface area (Å²) in [7, 11) is 0. The standard InChI is InChI=1S/C52H33NOS/c1-2-15-35-32-36(29-28-34(35)14-1)38-16-3-4-18-40(38)41-19-6-10-23-46(41)53(47-24-13-27-51-52(47)43-21-8-12-26-50(43)55-51)45-22-9-5-17-39(45)37-30-31-49-44(33-37)42-20-7-11-25-48(42)54-49/h1-33H. The number of nitrogens with zero attached hydrogens (tertiary/aromatic N) is 1. The molecule has 55 heavy (non-hydrogen) atoms. The van der Waals surface area contributed by atoms with Crippen LogP contribution in [0, 0.1) is 0 Å². The molecular weight excluding hydrogens is 687 g/mol. The summed E-state index contributed by atoms with van der Waals surface area (Å²) in [5, 5.41) is 7.23. The molecule has 0 N–H and O–H groups in total. The fraction of sp³-hybridized carbons (Fsp3) is 0. The molecular formula is C52H33NOS. The molecule has 0 radical (unpaired) electrons. The molecule has 3 heteroatoms. The van der Waals surface area contributed by atoms with E-state index in [-0.39, 0.29) is 0 Å². The zero-order valence-electron chi connectivity index (χ0n) is 29.8. The first-order valence-corrected chi connectivity index (χ1v) is 19.5. The second-order valence-electron chi connectivity index (χ2n) is 14.0. The summed E-state index contributed by atoms with van der Waals surface area (Å²) in [5.41, 5.74) is 12.2. The molecule has 0 fully saturated rings. The summed E-state index contributed by atoms with van der Waals surface area (Å²) < 4.78 is 8.81. The number of rotatable bonds is 6. The van der Waals surface area contributed by atoms with Crippen molar-refractivity contribution in [1.82, 2.24) is 0 Å². The maximum atomic E-state index is 6.27. The van der Waals surface area contributed by atoms with Gasteiger partial charge >= 0.3 is 0 Å². The number of hydrogen-bond donors (Lipinski definition) is 0. The van der Waals surface area contributed by atoms with Gasteiger partial charge in [0.1, 0.15) is 11.2 Å². The van der Waals surface area contributed by atoms with Crippen LogP contribution in [0.1, 0.15) is 0 Å². The first-order chi connectivity index (χ1) is 27.3. The van der Waals surface area contributed by atoms with E-state index >= 15 is 0 Å². The highest BCUT2D eigenvalue weighted by molar-refractivity contribution is 7.26. The van der Waals surface area contributed by atoms with E-state index in [1.165, 1.54) is 47.6 Å². The second-order valence-corrected chi connectivity index (χ2v) is 15.1. The molecule has 0 aliphatic heterocycles. The van der Waals surface area contributed by atoms with Crippen molar-refractivity contribution in [2.75, 3.05) is 4.90 Å². The molecule has 2 nitrogen and oxygen atoms in total. The Labute approximate surface area is 322 Å². The lowest BCUT2D eigenvalue weighted by Crippen LogP contribution is -2.13. The molecule has 11 rings (SSSR count). The van der Waals surface area contributed by atoms with E-state index in [1.807, 2.05) is 23.5 Å². The first kappa shape index (κ1) is 31.6. The lowest BCUT2D eigenvalue weighted by molar-refractivity contribution is 0.669. The first-order valence-electron chi connectivity index (χ1n) is 18.7. The average molecular weight is 720 g/mol. The van der Waals surface area contributed by atoms with Crippen LogP contribution >= 0.6 is 11.3 Å². The largest absolute Gasteiger partial charge is 0.456 e. The van der Waals surface area contributed by atoms with Crippen LogP contribution in [-0.2, 0) is 0 Å². The Morgan fingerprint density at radius 2 is 0.927 bits per heavy atom. The van der Waals surface area contributed by atoms with Crippen molar-refractivity contribution < 1.29 is 4.42 Å². The third-order valence-electron chi connectivity index (χ3n) is 10.9. The van der Waals surface area contributed by atoms with E-state index in [4.69, 9.17) is 4.42 Å². The highest BCUT2D eigenvalue weighted by Crippen LogP contribution is 2.50. The lowest BCUT2D eigenvalue weighted by atomic mass is 9.91. The Morgan fingerprint density at radius 3 is 1.80 bits per heavy atom. The zero-order chi connectivity index (χ0) is 36.3. The van der Waals surface area contributed by atoms with Crippen LogP contribution < -0.4 is 4.90 Å². The summed E-state index contributed by atoms with van der Waals surface area (Å²) in [6.07, 6.45) is 0. The number of thiophene rings is 1. The minimum absolute atomic E-state index is 0.893. The highest BCUT2D eigenvalue weighted by atomic mass is 32.1. The van der Waals surface area contributed by atoms with Gasteiger partial charge in [-0.1, -0.05) is 146 Å². The number of para-hydroxylation sites is 3. The minimum Gasteiger partial charge on any atom is -0.456 e. The Balaban J connectivity index is 1.19. The number of benzene rings is 9. The van der Waals surface area contributed by atoms with Crippen molar-refractivity contribution in [1.29, 1.82) is 0 Å². The van der Waals surface area contributed by atoms with E-state index in [0.29, 0.717) is 0 Å². The molecule has 0 aliphatic carbocycles. The molecule has 2 heterocycles. The molecule has 0 unspecified atom stereocenters. The van der Waals surface area contributed by atoms with Crippen molar-refractivity contribution in [3.63, 3.8) is 0 Å². The van der Waals surface area contributed by atoms with Crippen LogP contribution in [0.25, 0.3) is 86.3 Å². The molecule has 0 saturated heterocycles. The van der Waals surface area contributed by atoms with Gasteiger partial charge in [0.25, 0.3) is 0 Å². The van der Waals surface area contributed by atoms with Gasteiger partial charge < -0.3 is 9.32 Å². The summed E-state index contributed by atoms with van der Waals surface area (Å²) in [6.45, 7) is 0. The van der Waals surface area contributed by atoms with Gasteiger partial charge in [0.05, 0.1) is 17.1 Å². The van der Waals surface area contributed by atoms with Gasteiger partial charge in [-0.05, 0) is 87.6 Å². The smallest absolute Gasteiger partial charge is 0.135 e. The topological polar surface area (TPSA) is 16.4 Å². The van der Waals surface area contributed by atoms with E-state index in [9.17, 15) is 0 Å². The van der Waals surface area contributed by atoms with Crippen molar-refractivity contribution >= 4 is 81.3 Å². The molecule has 0 spiro atoms.